The third kappa shape index (κ3) is 2.70. The topological polar surface area (TPSA) is 46.2 Å². The van der Waals surface area contributed by atoms with Gasteiger partial charge < -0.3 is 0 Å². The Bertz CT molecular complexity index is 314. The van der Waals surface area contributed by atoms with E-state index in [4.69, 9.17) is 0 Å². The molecular weight excluding hydrogens is 174 g/mol. The van der Waals surface area contributed by atoms with Crippen LogP contribution in [-0.4, -0.2) is 14.7 Å². The van der Waals surface area contributed by atoms with Crippen molar-refractivity contribution in [2.24, 2.45) is 5.92 Å². The average Bonchev–Trinajstić information content (AvgIpc) is 1.91. The fourth-order valence-electron chi connectivity index (χ4n) is 1.09. The predicted octanol–water partition coefficient (Wildman–Crippen LogP) is 1.02. The van der Waals surface area contributed by atoms with E-state index in [0.29, 0.717) is 0 Å². The Labute approximate surface area is 73.2 Å². The van der Waals surface area contributed by atoms with Crippen molar-refractivity contribution < 1.29 is 8.42 Å². The maximum atomic E-state index is 10.9. The van der Waals surface area contributed by atoms with Crippen LogP contribution in [0.25, 0.3) is 0 Å². The molecule has 0 spiro atoms. The van der Waals surface area contributed by atoms with E-state index in [1.54, 1.807) is 6.08 Å². The molecule has 4 heteroatoms. The Balaban J connectivity index is 2.75. The van der Waals surface area contributed by atoms with Crippen LogP contribution in [-0.2, 0) is 10.0 Å². The van der Waals surface area contributed by atoms with Crippen molar-refractivity contribution in [1.82, 2.24) is 4.72 Å². The minimum Gasteiger partial charge on any atom is -0.287 e. The molecule has 0 unspecified atom stereocenters. The van der Waals surface area contributed by atoms with Gasteiger partial charge in [-0.2, -0.15) is 0 Å². The predicted molar refractivity (Wildman–Crippen MR) is 49.0 cm³/mol. The molecule has 0 bridgehead atoms. The number of rotatable bonds is 2. The van der Waals surface area contributed by atoms with Crippen LogP contribution >= 0.6 is 0 Å². The molecule has 0 aromatic carbocycles. The van der Waals surface area contributed by atoms with Crippen LogP contribution in [0, 0.1) is 5.92 Å². The Kier molecular flexibility index (Phi) is 2.57. The van der Waals surface area contributed by atoms with E-state index in [0.717, 1.165) is 12.1 Å². The molecular formula is C8H13NO2S. The van der Waals surface area contributed by atoms with Crippen molar-refractivity contribution in [2.75, 3.05) is 6.26 Å². The summed E-state index contributed by atoms with van der Waals surface area (Å²) in [7, 11) is -3.11. The molecule has 0 fully saturated rings. The molecule has 1 rings (SSSR count). The molecule has 0 heterocycles. The number of sulfonamides is 1. The first kappa shape index (κ1) is 9.32. The molecule has 0 saturated carbocycles. The van der Waals surface area contributed by atoms with Gasteiger partial charge in [0.25, 0.3) is 0 Å². The highest BCUT2D eigenvalue weighted by Crippen LogP contribution is 2.17. The van der Waals surface area contributed by atoms with E-state index < -0.39 is 10.0 Å². The summed E-state index contributed by atoms with van der Waals surface area (Å²) >= 11 is 0. The van der Waals surface area contributed by atoms with E-state index in [-0.39, 0.29) is 5.92 Å². The van der Waals surface area contributed by atoms with Gasteiger partial charge in [0, 0.05) is 11.6 Å². The second-order valence-corrected chi connectivity index (χ2v) is 4.81. The van der Waals surface area contributed by atoms with Crippen LogP contribution in [0.1, 0.15) is 13.3 Å². The zero-order valence-electron chi connectivity index (χ0n) is 7.24. The Morgan fingerprint density at radius 2 is 2.25 bits per heavy atom. The van der Waals surface area contributed by atoms with E-state index in [2.05, 4.69) is 4.72 Å². The van der Waals surface area contributed by atoms with Gasteiger partial charge in [0.15, 0.2) is 0 Å². The molecule has 0 amide bonds. The lowest BCUT2D eigenvalue weighted by Gasteiger charge is -2.17. The summed E-state index contributed by atoms with van der Waals surface area (Å²) in [6.07, 6.45) is 7.76. The van der Waals surface area contributed by atoms with Crippen LogP contribution in [0.5, 0.6) is 0 Å². The lowest BCUT2D eigenvalue weighted by atomic mass is 10.00. The standard InChI is InChI=1S/C8H13NO2S/c1-7-5-3-4-6-8(7)9-12(2,10)11/h3-4,6-7,9H,5H2,1-2H3/t7-/m1/s1. The maximum absolute atomic E-state index is 10.9. The second kappa shape index (κ2) is 3.31. The summed E-state index contributed by atoms with van der Waals surface area (Å²) in [5.41, 5.74) is 0.778. The van der Waals surface area contributed by atoms with Gasteiger partial charge in [-0.15, -0.1) is 0 Å². The van der Waals surface area contributed by atoms with Crippen molar-refractivity contribution in [2.45, 2.75) is 13.3 Å². The summed E-state index contributed by atoms with van der Waals surface area (Å²) in [5, 5.41) is 0. The molecule has 0 radical (unpaired) electrons. The van der Waals surface area contributed by atoms with Gasteiger partial charge in [-0.3, -0.25) is 4.72 Å². The fraction of sp³-hybridized carbons (Fsp3) is 0.500. The normalized spacial score (nSPS) is 23.5. The van der Waals surface area contributed by atoms with Gasteiger partial charge >= 0.3 is 0 Å². The zero-order chi connectivity index (χ0) is 9.19. The number of hydrogen-bond donors (Lipinski definition) is 1. The molecule has 1 N–H and O–H groups in total. The monoisotopic (exact) mass is 187 g/mol. The van der Waals surface area contributed by atoms with E-state index in [9.17, 15) is 8.42 Å². The lowest BCUT2D eigenvalue weighted by Crippen LogP contribution is -2.25. The van der Waals surface area contributed by atoms with Crippen molar-refractivity contribution in [3.63, 3.8) is 0 Å². The summed E-state index contributed by atoms with van der Waals surface area (Å²) in [6, 6.07) is 0. The largest absolute Gasteiger partial charge is 0.287 e. The lowest BCUT2D eigenvalue weighted by molar-refractivity contribution is 0.581. The molecule has 0 saturated heterocycles. The Morgan fingerprint density at radius 3 is 2.75 bits per heavy atom. The third-order valence-corrected chi connectivity index (χ3v) is 2.34. The van der Waals surface area contributed by atoms with Gasteiger partial charge in [0.2, 0.25) is 10.0 Å². The molecule has 1 atom stereocenters. The summed E-state index contributed by atoms with van der Waals surface area (Å²) in [4.78, 5) is 0. The zero-order valence-corrected chi connectivity index (χ0v) is 8.06. The maximum Gasteiger partial charge on any atom is 0.229 e. The van der Waals surface area contributed by atoms with Gasteiger partial charge in [-0.25, -0.2) is 8.42 Å². The first-order chi connectivity index (χ1) is 5.49. The molecule has 0 aliphatic heterocycles. The van der Waals surface area contributed by atoms with Crippen LogP contribution in [0.2, 0.25) is 0 Å². The van der Waals surface area contributed by atoms with Crippen molar-refractivity contribution in [3.05, 3.63) is 23.9 Å². The van der Waals surface area contributed by atoms with Gasteiger partial charge in [0.1, 0.15) is 0 Å². The van der Waals surface area contributed by atoms with Crippen molar-refractivity contribution in [3.8, 4) is 0 Å². The molecule has 1 aliphatic rings. The first-order valence-electron chi connectivity index (χ1n) is 3.83. The number of allylic oxidation sites excluding steroid dienone is 4. The molecule has 0 aromatic heterocycles. The molecule has 1 aliphatic carbocycles. The average molecular weight is 187 g/mol. The highest BCUT2D eigenvalue weighted by Gasteiger charge is 2.12. The molecule has 0 aromatic rings. The highest BCUT2D eigenvalue weighted by molar-refractivity contribution is 7.88. The smallest absolute Gasteiger partial charge is 0.229 e. The van der Waals surface area contributed by atoms with Crippen LogP contribution in [0.4, 0.5) is 0 Å². The summed E-state index contributed by atoms with van der Waals surface area (Å²) in [6.45, 7) is 1.99. The highest BCUT2D eigenvalue weighted by atomic mass is 32.2. The van der Waals surface area contributed by atoms with Gasteiger partial charge in [-0.1, -0.05) is 19.1 Å². The van der Waals surface area contributed by atoms with Crippen molar-refractivity contribution >= 4 is 10.0 Å². The minimum atomic E-state index is -3.11. The molecule has 12 heavy (non-hydrogen) atoms. The van der Waals surface area contributed by atoms with E-state index in [1.165, 1.54) is 6.26 Å². The number of hydrogen-bond acceptors (Lipinski definition) is 2. The minimum absolute atomic E-state index is 0.268. The molecule has 3 nitrogen and oxygen atoms in total. The first-order valence-corrected chi connectivity index (χ1v) is 5.72. The van der Waals surface area contributed by atoms with Crippen molar-refractivity contribution in [1.29, 1.82) is 0 Å². The second-order valence-electron chi connectivity index (χ2n) is 3.06. The van der Waals surface area contributed by atoms with E-state index in [1.807, 2.05) is 19.1 Å². The van der Waals surface area contributed by atoms with Crippen LogP contribution in [0.3, 0.4) is 0 Å². The third-order valence-electron chi connectivity index (χ3n) is 1.74. The summed E-state index contributed by atoms with van der Waals surface area (Å²) in [5.74, 6) is 0.268. The summed E-state index contributed by atoms with van der Waals surface area (Å²) < 4.78 is 24.2. The van der Waals surface area contributed by atoms with Gasteiger partial charge in [-0.05, 0) is 12.5 Å². The molecule has 68 valence electrons. The quantitative estimate of drug-likeness (QED) is 0.701. The number of nitrogens with one attached hydrogen (secondary N) is 1. The van der Waals surface area contributed by atoms with E-state index >= 15 is 0 Å². The fourth-order valence-corrected chi connectivity index (χ4v) is 1.79. The SMILES string of the molecule is C[C@@H]1CC=CC=C1NS(C)(=O)=O. The Hall–Kier alpha value is -0.770. The van der Waals surface area contributed by atoms with Crippen LogP contribution in [0.15, 0.2) is 23.9 Å². The van der Waals surface area contributed by atoms with Gasteiger partial charge in [0.05, 0.1) is 6.26 Å². The van der Waals surface area contributed by atoms with Crippen LogP contribution < -0.4 is 4.72 Å². The Morgan fingerprint density at radius 1 is 1.58 bits per heavy atom.